The molecule has 0 amide bonds. The average Bonchev–Trinajstić information content (AvgIpc) is 3.47. The van der Waals surface area contributed by atoms with Gasteiger partial charge in [0.05, 0.1) is 29.1 Å². The van der Waals surface area contributed by atoms with Crippen molar-refractivity contribution >= 4 is 34.5 Å². The maximum Gasteiger partial charge on any atom is 0.294 e. The van der Waals surface area contributed by atoms with Crippen molar-refractivity contribution in [1.29, 1.82) is 0 Å². The Kier molecular flexibility index (Phi) is 7.02. The number of aromatic nitrogens is 3. The Labute approximate surface area is 229 Å². The number of nitrogens with one attached hydrogen (secondary N) is 1. The topological polar surface area (TPSA) is 113 Å². The van der Waals surface area contributed by atoms with Crippen molar-refractivity contribution in [3.05, 3.63) is 57.5 Å². The second-order valence-electron chi connectivity index (χ2n) is 11.2. The van der Waals surface area contributed by atoms with Gasteiger partial charge in [0.25, 0.3) is 5.69 Å². The number of fused-ring (bicyclic) bond motifs is 2. The molecule has 1 N–H and O–H groups in total. The van der Waals surface area contributed by atoms with Crippen LogP contribution >= 0.6 is 0 Å². The summed E-state index contributed by atoms with van der Waals surface area (Å²) in [6.07, 6.45) is 4.93. The highest BCUT2D eigenvalue weighted by atomic mass is 16.6. The van der Waals surface area contributed by atoms with Crippen LogP contribution in [0.2, 0.25) is 0 Å². The van der Waals surface area contributed by atoms with Gasteiger partial charge in [0.2, 0.25) is 5.95 Å². The second-order valence-corrected chi connectivity index (χ2v) is 11.2. The fourth-order valence-electron chi connectivity index (χ4n) is 5.35. The van der Waals surface area contributed by atoms with E-state index in [4.69, 9.17) is 14.7 Å². The molecule has 0 saturated carbocycles. The molecule has 1 aromatic carbocycles. The van der Waals surface area contributed by atoms with Crippen LogP contribution in [0.4, 0.5) is 34.5 Å². The minimum Gasteiger partial charge on any atom is -0.494 e. The molecule has 39 heavy (non-hydrogen) atoms. The Morgan fingerprint density at radius 2 is 1.95 bits per heavy atom. The van der Waals surface area contributed by atoms with E-state index in [-0.39, 0.29) is 16.0 Å². The van der Waals surface area contributed by atoms with Gasteiger partial charge in [0, 0.05) is 56.1 Å². The number of nitro benzene ring substituents is 1. The monoisotopic (exact) mass is 532 g/mol. The maximum absolute atomic E-state index is 12.0. The van der Waals surface area contributed by atoms with Gasteiger partial charge >= 0.3 is 0 Å². The summed E-state index contributed by atoms with van der Waals surface area (Å²) in [5, 5.41) is 15.2. The molecule has 2 aromatic heterocycles. The number of aryl methyl sites for hydroxylation is 2. The Morgan fingerprint density at radius 1 is 1.15 bits per heavy atom. The van der Waals surface area contributed by atoms with E-state index in [0.29, 0.717) is 29.6 Å². The standard InChI is InChI=1S/C28H36N8O3/c1-28(2)17-35(23-14-18-8-7-9-19(18)30-26(23)28)25-10-11-29-27(32-25)31-20-15-22(36(37)38)21(16-24(20)39-6)34(5)13-12-33(3)4/h10-11,14-16H,7-9,12-13,17H2,1-6H3,(H,29,31,32). The van der Waals surface area contributed by atoms with Gasteiger partial charge in [-0.05, 0) is 51.1 Å². The van der Waals surface area contributed by atoms with Crippen LogP contribution in [0.5, 0.6) is 5.75 Å². The number of pyridine rings is 1. The molecular formula is C28H36N8O3. The van der Waals surface area contributed by atoms with E-state index < -0.39 is 0 Å². The molecule has 3 aromatic rings. The highest BCUT2D eigenvalue weighted by Crippen LogP contribution is 2.45. The molecule has 0 spiro atoms. The lowest BCUT2D eigenvalue weighted by atomic mass is 9.91. The zero-order valence-electron chi connectivity index (χ0n) is 23.5. The first-order valence-electron chi connectivity index (χ1n) is 13.2. The predicted molar refractivity (Wildman–Crippen MR) is 153 cm³/mol. The predicted octanol–water partition coefficient (Wildman–Crippen LogP) is 4.45. The minimum absolute atomic E-state index is 0.0224. The van der Waals surface area contributed by atoms with Crippen molar-refractivity contribution in [1.82, 2.24) is 19.9 Å². The fraction of sp³-hybridized carbons (Fsp3) is 0.464. The molecule has 5 rings (SSSR count). The Balaban J connectivity index is 1.46. The lowest BCUT2D eigenvalue weighted by molar-refractivity contribution is -0.384. The number of nitrogens with zero attached hydrogens (tertiary/aromatic N) is 7. The minimum atomic E-state index is -0.377. The first-order chi connectivity index (χ1) is 18.6. The molecule has 206 valence electrons. The van der Waals surface area contributed by atoms with E-state index in [1.807, 2.05) is 37.0 Å². The van der Waals surface area contributed by atoms with E-state index in [1.165, 1.54) is 17.3 Å². The molecule has 1 aliphatic heterocycles. The molecule has 3 heterocycles. The fourth-order valence-corrected chi connectivity index (χ4v) is 5.35. The third kappa shape index (κ3) is 5.18. The summed E-state index contributed by atoms with van der Waals surface area (Å²) in [5.41, 5.74) is 5.48. The Morgan fingerprint density at radius 3 is 2.67 bits per heavy atom. The zero-order chi connectivity index (χ0) is 27.9. The van der Waals surface area contributed by atoms with E-state index in [9.17, 15) is 10.1 Å². The van der Waals surface area contributed by atoms with Gasteiger partial charge in [0.1, 0.15) is 17.3 Å². The highest BCUT2D eigenvalue weighted by molar-refractivity contribution is 5.77. The maximum atomic E-state index is 12.0. The third-order valence-electron chi connectivity index (χ3n) is 7.47. The zero-order valence-corrected chi connectivity index (χ0v) is 23.5. The van der Waals surface area contributed by atoms with Gasteiger partial charge in [-0.15, -0.1) is 0 Å². The van der Waals surface area contributed by atoms with Crippen LogP contribution in [0.3, 0.4) is 0 Å². The third-order valence-corrected chi connectivity index (χ3v) is 7.47. The molecule has 0 radical (unpaired) electrons. The number of nitro groups is 1. The number of anilines is 5. The normalized spacial score (nSPS) is 15.3. The van der Waals surface area contributed by atoms with Crippen LogP contribution in [-0.4, -0.2) is 72.7 Å². The molecule has 1 aliphatic carbocycles. The molecule has 0 bridgehead atoms. The Bertz CT molecular complexity index is 1410. The summed E-state index contributed by atoms with van der Waals surface area (Å²) in [6.45, 7) is 6.55. The van der Waals surface area contributed by atoms with Crippen LogP contribution in [0.15, 0.2) is 30.5 Å². The quantitative estimate of drug-likeness (QED) is 0.313. The van der Waals surface area contributed by atoms with Crippen LogP contribution in [0, 0.1) is 10.1 Å². The van der Waals surface area contributed by atoms with E-state index in [0.717, 1.165) is 49.6 Å². The summed E-state index contributed by atoms with van der Waals surface area (Å²) in [4.78, 5) is 32.0. The van der Waals surface area contributed by atoms with Crippen LogP contribution in [0.1, 0.15) is 37.2 Å². The molecule has 0 fully saturated rings. The van der Waals surface area contributed by atoms with Crippen LogP contribution < -0.4 is 19.9 Å². The number of hydrogen-bond donors (Lipinski definition) is 1. The molecular weight excluding hydrogens is 496 g/mol. The molecule has 2 aliphatic rings. The van der Waals surface area contributed by atoms with Crippen molar-refractivity contribution in [3.63, 3.8) is 0 Å². The van der Waals surface area contributed by atoms with Gasteiger partial charge in [-0.3, -0.25) is 15.1 Å². The summed E-state index contributed by atoms with van der Waals surface area (Å²) in [5.74, 6) is 1.54. The SMILES string of the molecule is COc1cc(N(C)CCN(C)C)c([N+](=O)[O-])cc1Nc1nccc(N2CC(C)(C)c3nc4c(cc32)CCC4)n1. The smallest absolute Gasteiger partial charge is 0.294 e. The molecule has 11 nitrogen and oxygen atoms in total. The van der Waals surface area contributed by atoms with Gasteiger partial charge in [-0.1, -0.05) is 13.8 Å². The molecule has 0 atom stereocenters. The van der Waals surface area contributed by atoms with Gasteiger partial charge in [-0.2, -0.15) is 4.98 Å². The molecule has 0 unspecified atom stereocenters. The van der Waals surface area contributed by atoms with Gasteiger partial charge in [0.15, 0.2) is 0 Å². The molecule has 11 heteroatoms. The average molecular weight is 533 g/mol. The van der Waals surface area contributed by atoms with Crippen molar-refractivity contribution in [2.45, 2.75) is 38.5 Å². The van der Waals surface area contributed by atoms with Gasteiger partial charge < -0.3 is 24.8 Å². The lowest BCUT2D eigenvalue weighted by Crippen LogP contribution is -2.29. The van der Waals surface area contributed by atoms with Crippen molar-refractivity contribution in [2.24, 2.45) is 0 Å². The van der Waals surface area contributed by atoms with Crippen LogP contribution in [0.25, 0.3) is 0 Å². The summed E-state index contributed by atoms with van der Waals surface area (Å²) >= 11 is 0. The largest absolute Gasteiger partial charge is 0.494 e. The van der Waals surface area contributed by atoms with E-state index in [2.05, 4.69) is 35.1 Å². The number of benzene rings is 1. The Hall–Kier alpha value is -3.99. The number of methoxy groups -OCH3 is 1. The first-order valence-corrected chi connectivity index (χ1v) is 13.2. The highest BCUT2D eigenvalue weighted by Gasteiger charge is 2.39. The number of hydrogen-bond acceptors (Lipinski definition) is 10. The van der Waals surface area contributed by atoms with E-state index >= 15 is 0 Å². The van der Waals surface area contributed by atoms with Crippen LogP contribution in [-0.2, 0) is 18.3 Å². The number of rotatable bonds is 9. The summed E-state index contributed by atoms with van der Waals surface area (Å²) in [6, 6.07) is 7.32. The summed E-state index contributed by atoms with van der Waals surface area (Å²) < 4.78 is 5.62. The number of likely N-dealkylation sites (N-methyl/N-ethyl adjacent to an activating group) is 2. The molecule has 0 saturated heterocycles. The van der Waals surface area contributed by atoms with Crippen molar-refractivity contribution in [2.75, 3.05) is 63.0 Å². The van der Waals surface area contributed by atoms with Gasteiger partial charge in [-0.25, -0.2) is 4.98 Å². The number of ether oxygens (including phenoxy) is 1. The summed E-state index contributed by atoms with van der Waals surface area (Å²) in [7, 11) is 7.32. The lowest BCUT2D eigenvalue weighted by Gasteiger charge is -2.23. The van der Waals surface area contributed by atoms with E-state index in [1.54, 1.807) is 19.4 Å². The second kappa shape index (κ2) is 10.3. The van der Waals surface area contributed by atoms with Crippen molar-refractivity contribution in [3.8, 4) is 5.75 Å². The van der Waals surface area contributed by atoms with Crippen molar-refractivity contribution < 1.29 is 9.66 Å². The first kappa shape index (κ1) is 26.6.